The van der Waals surface area contributed by atoms with Gasteiger partial charge in [-0.2, -0.15) is 0 Å². The van der Waals surface area contributed by atoms with Crippen molar-refractivity contribution in [2.45, 2.75) is 11.8 Å². The van der Waals surface area contributed by atoms with Gasteiger partial charge in [-0.05, 0) is 17.8 Å². The summed E-state index contributed by atoms with van der Waals surface area (Å²) in [4.78, 5) is 14.4. The van der Waals surface area contributed by atoms with Gasteiger partial charge in [0.1, 0.15) is 4.90 Å². The lowest BCUT2D eigenvalue weighted by Gasteiger charge is -1.90. The average Bonchev–Trinajstić information content (AvgIpc) is 2.04. The minimum Gasteiger partial charge on any atom is -0.287 e. The number of benzene rings is 1. The molecule has 0 aliphatic rings. The summed E-state index contributed by atoms with van der Waals surface area (Å²) < 4.78 is 0. The fourth-order valence-electron chi connectivity index (χ4n) is 0.781. The van der Waals surface area contributed by atoms with Crippen LogP contribution in [-0.4, -0.2) is 5.12 Å². The second-order valence-corrected chi connectivity index (χ2v) is 3.38. The van der Waals surface area contributed by atoms with Crippen LogP contribution in [0.1, 0.15) is 6.92 Å². The maximum atomic E-state index is 10.7. The van der Waals surface area contributed by atoms with Crippen molar-refractivity contribution in [1.29, 1.82) is 5.39 Å². The molecule has 1 rings (SSSR count). The lowest BCUT2D eigenvalue weighted by molar-refractivity contribution is -0.109. The highest BCUT2D eigenvalue weighted by Gasteiger charge is 2.13. The molecule has 0 saturated heterocycles. The van der Waals surface area contributed by atoms with Crippen LogP contribution in [0.2, 0.25) is 0 Å². The molecule has 3 nitrogen and oxygen atoms in total. The van der Waals surface area contributed by atoms with Crippen LogP contribution in [0.3, 0.4) is 0 Å². The molecule has 0 spiro atoms. The largest absolute Gasteiger partial charge is 0.398 e. The summed E-state index contributed by atoms with van der Waals surface area (Å²) in [6, 6.07) is 6.92. The van der Waals surface area contributed by atoms with E-state index in [0.29, 0.717) is 10.6 Å². The van der Waals surface area contributed by atoms with Gasteiger partial charge in [0.2, 0.25) is 5.39 Å². The Hall–Kier alpha value is -1.34. The molecule has 0 bridgehead atoms. The van der Waals surface area contributed by atoms with Crippen molar-refractivity contribution < 1.29 is 4.79 Å². The lowest BCUT2D eigenvalue weighted by Crippen LogP contribution is -1.80. The summed E-state index contributed by atoms with van der Waals surface area (Å²) in [5.74, 6) is 0. The third-order valence-corrected chi connectivity index (χ3v) is 2.08. The van der Waals surface area contributed by atoms with Crippen LogP contribution in [0.4, 0.5) is 5.69 Å². The number of hydrogen-bond donors (Lipinski definition) is 0. The van der Waals surface area contributed by atoms with Gasteiger partial charge in [0, 0.05) is 13.0 Å². The van der Waals surface area contributed by atoms with Crippen molar-refractivity contribution in [2.75, 3.05) is 0 Å². The van der Waals surface area contributed by atoms with Crippen LogP contribution in [0.15, 0.2) is 29.2 Å². The van der Waals surface area contributed by atoms with Crippen LogP contribution >= 0.6 is 11.8 Å². The molecule has 0 saturated carbocycles. The average molecular weight is 179 g/mol. The fraction of sp³-hybridized carbons (Fsp3) is 0.125. The van der Waals surface area contributed by atoms with Crippen LogP contribution in [0.5, 0.6) is 0 Å². The third-order valence-electron chi connectivity index (χ3n) is 1.23. The quantitative estimate of drug-likeness (QED) is 0.492. The van der Waals surface area contributed by atoms with Crippen LogP contribution in [-0.2, 0) is 4.79 Å². The van der Waals surface area contributed by atoms with Crippen molar-refractivity contribution >= 4 is 22.6 Å². The lowest BCUT2D eigenvalue weighted by atomic mass is 10.3. The van der Waals surface area contributed by atoms with Crippen molar-refractivity contribution in [2.24, 2.45) is 0 Å². The first-order chi connectivity index (χ1) is 5.74. The third kappa shape index (κ3) is 2.07. The van der Waals surface area contributed by atoms with Crippen molar-refractivity contribution in [3.63, 3.8) is 0 Å². The van der Waals surface area contributed by atoms with Gasteiger partial charge in [-0.25, -0.2) is 0 Å². The van der Waals surface area contributed by atoms with E-state index in [-0.39, 0.29) is 5.12 Å². The first-order valence-corrected chi connectivity index (χ1v) is 4.18. The molecule has 0 aliphatic heterocycles. The Balaban J connectivity index is 2.99. The first-order valence-electron chi connectivity index (χ1n) is 3.36. The number of rotatable bonds is 1. The normalized spacial score (nSPS) is 9.00. The minimum absolute atomic E-state index is 0.0221. The number of hydrogen-bond acceptors (Lipinski definition) is 3. The van der Waals surface area contributed by atoms with E-state index < -0.39 is 0 Å². The summed E-state index contributed by atoms with van der Waals surface area (Å²) in [7, 11) is 0. The Morgan fingerprint density at radius 3 is 2.75 bits per heavy atom. The molecule has 12 heavy (non-hydrogen) atoms. The number of thioether (sulfide) groups is 1. The highest BCUT2D eigenvalue weighted by Crippen LogP contribution is 2.29. The van der Waals surface area contributed by atoms with E-state index in [0.717, 1.165) is 11.8 Å². The van der Waals surface area contributed by atoms with Crippen LogP contribution in [0, 0.1) is 5.39 Å². The Morgan fingerprint density at radius 2 is 2.17 bits per heavy atom. The van der Waals surface area contributed by atoms with E-state index in [9.17, 15) is 4.79 Å². The standard InChI is InChI=1S/C8H7N2OS/c1-6(11)12-8-5-3-2-4-7(8)10-9/h2-5H,1H3/q+1. The second kappa shape index (κ2) is 3.88. The van der Waals surface area contributed by atoms with Gasteiger partial charge in [-0.1, -0.05) is 12.1 Å². The molecule has 0 radical (unpaired) electrons. The maximum absolute atomic E-state index is 10.7. The molecule has 0 aliphatic carbocycles. The molecule has 0 unspecified atom stereocenters. The molecule has 0 N–H and O–H groups in total. The molecule has 0 atom stereocenters. The van der Waals surface area contributed by atoms with E-state index in [1.54, 1.807) is 24.3 Å². The Morgan fingerprint density at radius 1 is 1.50 bits per heavy atom. The maximum Gasteiger partial charge on any atom is 0.398 e. The molecule has 1 aromatic carbocycles. The second-order valence-electron chi connectivity index (χ2n) is 2.16. The monoisotopic (exact) mass is 179 g/mol. The highest BCUT2D eigenvalue weighted by atomic mass is 32.2. The zero-order valence-electron chi connectivity index (χ0n) is 6.52. The summed E-state index contributed by atoms with van der Waals surface area (Å²) in [6.07, 6.45) is 0. The molecule has 0 amide bonds. The number of carbonyl (C=O) groups is 1. The van der Waals surface area contributed by atoms with E-state index in [4.69, 9.17) is 5.39 Å². The minimum atomic E-state index is -0.0221. The summed E-state index contributed by atoms with van der Waals surface area (Å²) in [6.45, 7) is 1.47. The van der Waals surface area contributed by atoms with Crippen molar-refractivity contribution in [3.8, 4) is 0 Å². The smallest absolute Gasteiger partial charge is 0.287 e. The van der Waals surface area contributed by atoms with E-state index >= 15 is 0 Å². The first kappa shape index (κ1) is 8.75. The molecule has 1 aromatic rings. The predicted octanol–water partition coefficient (Wildman–Crippen LogP) is 2.81. The fourth-order valence-corrected chi connectivity index (χ4v) is 1.45. The van der Waals surface area contributed by atoms with Crippen LogP contribution < -0.4 is 0 Å². The molecule has 0 aromatic heterocycles. The Kier molecular flexibility index (Phi) is 2.83. The summed E-state index contributed by atoms with van der Waals surface area (Å²) >= 11 is 1.06. The van der Waals surface area contributed by atoms with E-state index in [2.05, 4.69) is 4.98 Å². The zero-order valence-corrected chi connectivity index (χ0v) is 7.34. The van der Waals surface area contributed by atoms with Gasteiger partial charge in [0.05, 0.1) is 0 Å². The summed E-state index contributed by atoms with van der Waals surface area (Å²) in [5.41, 5.74) is 0.428. The number of carbonyl (C=O) groups excluding carboxylic acids is 1. The number of nitrogens with zero attached hydrogens (tertiary/aromatic N) is 2. The van der Waals surface area contributed by atoms with Gasteiger partial charge in [0.25, 0.3) is 0 Å². The van der Waals surface area contributed by atoms with Gasteiger partial charge in [-0.15, -0.1) is 0 Å². The SMILES string of the molecule is CC(=O)Sc1ccccc1[N+]#N. The Bertz CT molecular complexity index is 343. The summed E-state index contributed by atoms with van der Waals surface area (Å²) in [5, 5.41) is 8.51. The Labute approximate surface area is 74.4 Å². The molecular weight excluding hydrogens is 172 g/mol. The van der Waals surface area contributed by atoms with Gasteiger partial charge in [-0.3, -0.25) is 4.79 Å². The molecule has 0 fully saturated rings. The van der Waals surface area contributed by atoms with Crippen molar-refractivity contribution in [1.82, 2.24) is 0 Å². The van der Waals surface area contributed by atoms with E-state index in [1.807, 2.05) is 0 Å². The predicted molar refractivity (Wildman–Crippen MR) is 47.7 cm³/mol. The zero-order chi connectivity index (χ0) is 8.97. The van der Waals surface area contributed by atoms with Crippen LogP contribution in [0.25, 0.3) is 4.98 Å². The molecule has 60 valence electrons. The highest BCUT2D eigenvalue weighted by molar-refractivity contribution is 8.13. The molecule has 4 heteroatoms. The van der Waals surface area contributed by atoms with E-state index in [1.165, 1.54) is 6.92 Å². The van der Waals surface area contributed by atoms with Gasteiger partial charge < -0.3 is 0 Å². The van der Waals surface area contributed by atoms with Gasteiger partial charge in [0.15, 0.2) is 10.1 Å². The van der Waals surface area contributed by atoms with Gasteiger partial charge >= 0.3 is 5.69 Å². The molecule has 0 heterocycles. The molecular formula is C8H7N2OS+. The number of diazo groups is 1. The van der Waals surface area contributed by atoms with Crippen molar-refractivity contribution in [3.05, 3.63) is 29.2 Å². The topological polar surface area (TPSA) is 45.2 Å².